The van der Waals surface area contributed by atoms with Crippen LogP contribution >= 0.6 is 0 Å². The summed E-state index contributed by atoms with van der Waals surface area (Å²) >= 11 is 0. The van der Waals surface area contributed by atoms with Gasteiger partial charge in [0.2, 0.25) is 0 Å². The van der Waals surface area contributed by atoms with Crippen LogP contribution in [0.1, 0.15) is 65.7 Å². The average Bonchev–Trinajstić information content (AvgIpc) is 2.81. The van der Waals surface area contributed by atoms with E-state index in [2.05, 4.69) is 32.9 Å². The zero-order valence-electron chi connectivity index (χ0n) is 15.3. The number of hydrogen-bond donors (Lipinski definition) is 0. The van der Waals surface area contributed by atoms with Crippen molar-refractivity contribution >= 4 is 11.6 Å². The van der Waals surface area contributed by atoms with Gasteiger partial charge in [0.15, 0.2) is 5.78 Å². The average molecular weight is 326 g/mol. The van der Waals surface area contributed by atoms with Crippen molar-refractivity contribution in [3.8, 4) is 0 Å². The highest BCUT2D eigenvalue weighted by atomic mass is 16.1. The van der Waals surface area contributed by atoms with Crippen molar-refractivity contribution in [1.82, 2.24) is 0 Å². The van der Waals surface area contributed by atoms with Crippen LogP contribution in [0.2, 0.25) is 0 Å². The molecule has 4 aliphatic carbocycles. The van der Waals surface area contributed by atoms with E-state index in [4.69, 9.17) is 0 Å². The molecule has 2 heteroatoms. The van der Waals surface area contributed by atoms with Gasteiger partial charge >= 0.3 is 0 Å². The Morgan fingerprint density at radius 1 is 1.12 bits per heavy atom. The number of allylic oxidation sites excluding steroid dienone is 4. The van der Waals surface area contributed by atoms with Crippen molar-refractivity contribution in [2.24, 2.45) is 34.5 Å². The molecule has 6 atom stereocenters. The Kier molecular flexibility index (Phi) is 3.67. The van der Waals surface area contributed by atoms with E-state index in [1.165, 1.54) is 5.57 Å². The van der Waals surface area contributed by atoms with Gasteiger partial charge in [-0.3, -0.25) is 9.59 Å². The topological polar surface area (TPSA) is 34.1 Å². The van der Waals surface area contributed by atoms with Gasteiger partial charge in [-0.05, 0) is 66.9 Å². The third-order valence-electron chi connectivity index (χ3n) is 8.01. The molecule has 0 aromatic heterocycles. The molecule has 0 heterocycles. The second-order valence-corrected chi connectivity index (χ2v) is 9.17. The van der Waals surface area contributed by atoms with Gasteiger partial charge in [-0.2, -0.15) is 0 Å². The first-order chi connectivity index (χ1) is 11.4. The summed E-state index contributed by atoms with van der Waals surface area (Å²) in [7, 11) is 0. The van der Waals surface area contributed by atoms with Crippen molar-refractivity contribution in [2.75, 3.05) is 0 Å². The molecule has 2 nitrogen and oxygen atoms in total. The first-order valence-electron chi connectivity index (χ1n) is 9.87. The van der Waals surface area contributed by atoms with Crippen LogP contribution in [0.25, 0.3) is 0 Å². The molecular formula is C22H30O2. The fourth-order valence-corrected chi connectivity index (χ4v) is 6.54. The minimum Gasteiger partial charge on any atom is -0.299 e. The van der Waals surface area contributed by atoms with Crippen LogP contribution in [0.4, 0.5) is 0 Å². The molecule has 0 aromatic carbocycles. The second kappa shape index (κ2) is 5.41. The molecule has 0 N–H and O–H groups in total. The van der Waals surface area contributed by atoms with Gasteiger partial charge in [0.1, 0.15) is 5.78 Å². The fourth-order valence-electron chi connectivity index (χ4n) is 6.54. The summed E-state index contributed by atoms with van der Waals surface area (Å²) in [5.41, 5.74) is 1.28. The van der Waals surface area contributed by atoms with E-state index >= 15 is 0 Å². The van der Waals surface area contributed by atoms with E-state index in [0.29, 0.717) is 30.0 Å². The van der Waals surface area contributed by atoms with Crippen LogP contribution in [-0.4, -0.2) is 11.6 Å². The molecule has 4 rings (SSSR count). The Morgan fingerprint density at radius 3 is 2.67 bits per heavy atom. The highest BCUT2D eigenvalue weighted by Crippen LogP contribution is 2.63. The van der Waals surface area contributed by atoms with Gasteiger partial charge in [-0.15, -0.1) is 0 Å². The van der Waals surface area contributed by atoms with Gasteiger partial charge in [0.05, 0.1) is 0 Å². The standard InChI is InChI=1S/C22H30O2/c1-4-5-14-12-19-17-7-6-15-13-16(23)8-10-21(15,2)18(17)9-11-22(19,3)20(14)24/h6-7,13-14,17-19H,4-5,8-12H2,1-3H3/t14-,17?,18?,19?,21+,22+/m1/s1. The van der Waals surface area contributed by atoms with Gasteiger partial charge in [0.25, 0.3) is 0 Å². The lowest BCUT2D eigenvalue weighted by Crippen LogP contribution is -2.49. The van der Waals surface area contributed by atoms with Crippen molar-refractivity contribution in [1.29, 1.82) is 0 Å². The summed E-state index contributed by atoms with van der Waals surface area (Å²) in [6.45, 7) is 6.81. The summed E-state index contributed by atoms with van der Waals surface area (Å²) < 4.78 is 0. The Labute approximate surface area is 145 Å². The number of hydrogen-bond acceptors (Lipinski definition) is 2. The summed E-state index contributed by atoms with van der Waals surface area (Å²) in [5, 5.41) is 0. The lowest BCUT2D eigenvalue weighted by Gasteiger charge is -2.54. The number of carbonyl (C=O) groups excluding carboxylic acids is 2. The molecule has 2 saturated carbocycles. The van der Waals surface area contributed by atoms with E-state index in [1.807, 2.05) is 6.08 Å². The van der Waals surface area contributed by atoms with Gasteiger partial charge in [0, 0.05) is 17.8 Å². The monoisotopic (exact) mass is 326 g/mol. The molecule has 3 unspecified atom stereocenters. The normalized spacial score (nSPS) is 47.0. The first kappa shape index (κ1) is 16.3. The number of ketones is 2. The highest BCUT2D eigenvalue weighted by Gasteiger charge is 2.60. The zero-order valence-corrected chi connectivity index (χ0v) is 15.3. The fraction of sp³-hybridized carbons (Fsp3) is 0.727. The Morgan fingerprint density at radius 2 is 1.92 bits per heavy atom. The van der Waals surface area contributed by atoms with E-state index < -0.39 is 0 Å². The van der Waals surface area contributed by atoms with Gasteiger partial charge in [-0.25, -0.2) is 0 Å². The second-order valence-electron chi connectivity index (χ2n) is 9.17. The Hall–Kier alpha value is -1.18. The Balaban J connectivity index is 1.71. The highest BCUT2D eigenvalue weighted by molar-refractivity contribution is 5.92. The Bertz CT molecular complexity index is 642. The van der Waals surface area contributed by atoms with E-state index in [0.717, 1.165) is 38.5 Å². The van der Waals surface area contributed by atoms with Crippen LogP contribution in [0.5, 0.6) is 0 Å². The largest absolute Gasteiger partial charge is 0.299 e. The molecule has 2 fully saturated rings. The van der Waals surface area contributed by atoms with Crippen LogP contribution in [0.3, 0.4) is 0 Å². The van der Waals surface area contributed by atoms with Crippen molar-refractivity contribution in [2.45, 2.75) is 65.7 Å². The quantitative estimate of drug-likeness (QED) is 0.724. The zero-order chi connectivity index (χ0) is 17.1. The van der Waals surface area contributed by atoms with Crippen LogP contribution < -0.4 is 0 Å². The van der Waals surface area contributed by atoms with Gasteiger partial charge < -0.3 is 0 Å². The van der Waals surface area contributed by atoms with Crippen LogP contribution in [0.15, 0.2) is 23.8 Å². The molecule has 0 saturated heterocycles. The van der Waals surface area contributed by atoms with Gasteiger partial charge in [-0.1, -0.05) is 39.3 Å². The number of fused-ring (bicyclic) bond motifs is 5. The smallest absolute Gasteiger partial charge is 0.156 e. The molecule has 24 heavy (non-hydrogen) atoms. The molecular weight excluding hydrogens is 296 g/mol. The maximum Gasteiger partial charge on any atom is 0.156 e. The molecule has 4 aliphatic rings. The lowest BCUT2D eigenvalue weighted by molar-refractivity contribution is -0.133. The summed E-state index contributed by atoms with van der Waals surface area (Å²) in [5.74, 6) is 2.75. The summed E-state index contributed by atoms with van der Waals surface area (Å²) in [4.78, 5) is 24.9. The lowest BCUT2D eigenvalue weighted by atomic mass is 9.49. The maximum atomic E-state index is 13.1. The maximum absolute atomic E-state index is 13.1. The number of Topliss-reactive ketones (excluding diaryl/α,β-unsaturated/α-hetero) is 1. The third-order valence-corrected chi connectivity index (χ3v) is 8.01. The molecule has 0 radical (unpaired) electrons. The minimum atomic E-state index is -0.104. The molecule has 130 valence electrons. The molecule has 0 spiro atoms. The van der Waals surface area contributed by atoms with E-state index in [9.17, 15) is 9.59 Å². The molecule has 0 aliphatic heterocycles. The molecule has 0 aromatic rings. The molecule has 0 bridgehead atoms. The summed E-state index contributed by atoms with van der Waals surface area (Å²) in [6.07, 6.45) is 13.6. The first-order valence-corrected chi connectivity index (χ1v) is 9.87. The van der Waals surface area contributed by atoms with Crippen LogP contribution in [0, 0.1) is 34.5 Å². The summed E-state index contributed by atoms with van der Waals surface area (Å²) in [6, 6.07) is 0. The van der Waals surface area contributed by atoms with Crippen molar-refractivity contribution in [3.63, 3.8) is 0 Å². The van der Waals surface area contributed by atoms with Crippen LogP contribution in [-0.2, 0) is 9.59 Å². The minimum absolute atomic E-state index is 0.104. The van der Waals surface area contributed by atoms with Crippen molar-refractivity contribution < 1.29 is 9.59 Å². The SMILES string of the molecule is CCC[C@@H]1CC2C3C=CC4=CC(=O)CC[C@]4(C)C3CC[C@]2(C)C1=O. The predicted molar refractivity (Wildman–Crippen MR) is 95.4 cm³/mol. The predicted octanol–water partition coefficient (Wildman–Crippen LogP) is 4.89. The molecule has 0 amide bonds. The number of rotatable bonds is 2. The third kappa shape index (κ3) is 2.07. The van der Waals surface area contributed by atoms with E-state index in [-0.39, 0.29) is 22.5 Å². The van der Waals surface area contributed by atoms with E-state index in [1.54, 1.807) is 0 Å². The van der Waals surface area contributed by atoms with Crippen molar-refractivity contribution in [3.05, 3.63) is 23.8 Å². The number of carbonyl (C=O) groups is 2.